The lowest BCUT2D eigenvalue weighted by Gasteiger charge is -2.13. The number of aromatic nitrogens is 2. The number of nitrogens with two attached hydrogens (primary N) is 1. The molecule has 0 aliphatic heterocycles. The highest BCUT2D eigenvalue weighted by Gasteiger charge is 2.12. The monoisotopic (exact) mass is 272 g/mol. The van der Waals surface area contributed by atoms with E-state index in [1.165, 1.54) is 6.20 Å². The maximum Gasteiger partial charge on any atom is 0.274 e. The van der Waals surface area contributed by atoms with Gasteiger partial charge in [-0.2, -0.15) is 0 Å². The lowest BCUT2D eigenvalue weighted by atomic mass is 10.3. The molecule has 0 atom stereocenters. The fraction of sp³-hybridized carbons (Fsp3) is 0.214. The number of anilines is 2. The smallest absolute Gasteiger partial charge is 0.274 e. The van der Waals surface area contributed by atoms with Gasteiger partial charge in [0, 0.05) is 6.20 Å². The normalized spacial score (nSPS) is 10.3. The summed E-state index contributed by atoms with van der Waals surface area (Å²) in [6.45, 7) is 3.78. The van der Waals surface area contributed by atoms with Gasteiger partial charge in [0.1, 0.15) is 11.4 Å². The summed E-state index contributed by atoms with van der Waals surface area (Å²) in [5, 5.41) is 2.72. The molecule has 3 N–H and O–H groups in total. The maximum absolute atomic E-state index is 12.1. The van der Waals surface area contributed by atoms with Gasteiger partial charge in [-0.05, 0) is 38.1 Å². The third-order valence-corrected chi connectivity index (χ3v) is 2.39. The van der Waals surface area contributed by atoms with Gasteiger partial charge in [-0.25, -0.2) is 9.97 Å². The number of ether oxygens (including phenoxy) is 1. The number of hydrogen-bond donors (Lipinski definition) is 2. The van der Waals surface area contributed by atoms with Gasteiger partial charge in [0.15, 0.2) is 0 Å². The number of rotatable bonds is 4. The van der Waals surface area contributed by atoms with Crippen LogP contribution < -0.4 is 15.8 Å². The Bertz CT molecular complexity index is 596. The summed E-state index contributed by atoms with van der Waals surface area (Å²) in [5.41, 5.74) is 6.82. The van der Waals surface area contributed by atoms with E-state index in [-0.39, 0.29) is 17.7 Å². The number of nitrogens with one attached hydrogen (secondary N) is 1. The first-order valence-electron chi connectivity index (χ1n) is 6.21. The van der Waals surface area contributed by atoms with Crippen LogP contribution in [0.15, 0.2) is 36.7 Å². The summed E-state index contributed by atoms with van der Waals surface area (Å²) in [7, 11) is 0. The molecule has 20 heavy (non-hydrogen) atoms. The van der Waals surface area contributed by atoms with Crippen LogP contribution in [0.4, 0.5) is 11.4 Å². The molecule has 0 radical (unpaired) electrons. The molecule has 0 aliphatic carbocycles. The van der Waals surface area contributed by atoms with E-state index >= 15 is 0 Å². The van der Waals surface area contributed by atoms with E-state index in [1.807, 2.05) is 13.8 Å². The van der Waals surface area contributed by atoms with Gasteiger partial charge in [-0.15, -0.1) is 0 Å². The molecule has 6 heteroatoms. The fourth-order valence-corrected chi connectivity index (χ4v) is 1.53. The minimum absolute atomic E-state index is 0.0322. The first kappa shape index (κ1) is 13.8. The van der Waals surface area contributed by atoms with Crippen LogP contribution in [-0.2, 0) is 0 Å². The van der Waals surface area contributed by atoms with E-state index < -0.39 is 0 Å². The summed E-state index contributed by atoms with van der Waals surface area (Å²) >= 11 is 0. The Morgan fingerprint density at radius 1 is 1.30 bits per heavy atom. The molecule has 2 rings (SSSR count). The van der Waals surface area contributed by atoms with Gasteiger partial charge in [0.25, 0.3) is 5.91 Å². The van der Waals surface area contributed by atoms with Crippen molar-refractivity contribution in [1.82, 2.24) is 9.97 Å². The Hall–Kier alpha value is -2.63. The number of carbonyl (C=O) groups excluding carboxylic acids is 1. The Balaban J connectivity index is 2.17. The van der Waals surface area contributed by atoms with Crippen LogP contribution in [0.5, 0.6) is 5.88 Å². The lowest BCUT2D eigenvalue weighted by Crippen LogP contribution is -2.16. The largest absolute Gasteiger partial charge is 0.473 e. The Morgan fingerprint density at radius 2 is 2.10 bits per heavy atom. The topological polar surface area (TPSA) is 90.1 Å². The van der Waals surface area contributed by atoms with E-state index in [0.717, 1.165) is 0 Å². The standard InChI is InChI=1S/C14H16N4O2/c1-9(2)20-14-12(4-3-7-16-14)18-13(19)11-6-5-10(15)8-17-11/h3-9H,15H2,1-2H3,(H,18,19). The highest BCUT2D eigenvalue weighted by atomic mass is 16.5. The van der Waals surface area contributed by atoms with Gasteiger partial charge in [-0.3, -0.25) is 4.79 Å². The van der Waals surface area contributed by atoms with Gasteiger partial charge in [0.2, 0.25) is 5.88 Å². The van der Waals surface area contributed by atoms with Gasteiger partial charge in [0.05, 0.1) is 18.0 Å². The van der Waals surface area contributed by atoms with E-state index in [1.54, 1.807) is 30.5 Å². The van der Waals surface area contributed by atoms with Crippen molar-refractivity contribution in [3.8, 4) is 5.88 Å². The molecule has 104 valence electrons. The van der Waals surface area contributed by atoms with Crippen LogP contribution in [0.2, 0.25) is 0 Å². The molecule has 1 amide bonds. The Morgan fingerprint density at radius 3 is 2.75 bits per heavy atom. The van der Waals surface area contributed by atoms with Crippen molar-refractivity contribution in [2.24, 2.45) is 0 Å². The molecule has 0 saturated heterocycles. The average Bonchev–Trinajstić information content (AvgIpc) is 2.41. The molecule has 0 unspecified atom stereocenters. The van der Waals surface area contributed by atoms with Crippen molar-refractivity contribution in [3.05, 3.63) is 42.4 Å². The van der Waals surface area contributed by atoms with Crippen molar-refractivity contribution >= 4 is 17.3 Å². The van der Waals surface area contributed by atoms with Crippen LogP contribution >= 0.6 is 0 Å². The second-order valence-corrected chi connectivity index (χ2v) is 4.45. The van der Waals surface area contributed by atoms with Gasteiger partial charge in [-0.1, -0.05) is 0 Å². The minimum atomic E-state index is -0.341. The molecule has 0 spiro atoms. The molecule has 6 nitrogen and oxygen atoms in total. The van der Waals surface area contributed by atoms with Crippen LogP contribution in [0, 0.1) is 0 Å². The SMILES string of the molecule is CC(C)Oc1ncccc1NC(=O)c1ccc(N)cn1. The number of amides is 1. The molecule has 0 aromatic carbocycles. The molecule has 0 bridgehead atoms. The number of pyridine rings is 2. The van der Waals surface area contributed by atoms with Crippen molar-refractivity contribution in [2.45, 2.75) is 20.0 Å². The first-order chi connectivity index (χ1) is 9.56. The van der Waals surface area contributed by atoms with Gasteiger partial charge >= 0.3 is 0 Å². The molecule has 0 aliphatic rings. The van der Waals surface area contributed by atoms with Crippen molar-refractivity contribution in [3.63, 3.8) is 0 Å². The average molecular weight is 272 g/mol. The molecule has 2 aromatic rings. The Kier molecular flexibility index (Phi) is 4.14. The van der Waals surface area contributed by atoms with Crippen molar-refractivity contribution < 1.29 is 9.53 Å². The molecule has 0 saturated carbocycles. The zero-order chi connectivity index (χ0) is 14.5. The number of nitrogen functional groups attached to an aromatic ring is 1. The zero-order valence-corrected chi connectivity index (χ0v) is 11.3. The summed E-state index contributed by atoms with van der Waals surface area (Å²) in [6, 6.07) is 6.62. The van der Waals surface area contributed by atoms with Crippen LogP contribution in [0.25, 0.3) is 0 Å². The summed E-state index contributed by atoms with van der Waals surface area (Å²) in [6.07, 6.45) is 3.01. The maximum atomic E-state index is 12.1. The fourth-order valence-electron chi connectivity index (χ4n) is 1.53. The predicted octanol–water partition coefficient (Wildman–Crippen LogP) is 2.10. The number of nitrogens with zero attached hydrogens (tertiary/aromatic N) is 2. The van der Waals surface area contributed by atoms with E-state index in [0.29, 0.717) is 17.3 Å². The summed E-state index contributed by atoms with van der Waals surface area (Å²) < 4.78 is 5.53. The lowest BCUT2D eigenvalue weighted by molar-refractivity contribution is 0.102. The second-order valence-electron chi connectivity index (χ2n) is 4.45. The van der Waals surface area contributed by atoms with E-state index in [2.05, 4.69) is 15.3 Å². The predicted molar refractivity (Wildman–Crippen MR) is 76.6 cm³/mol. The minimum Gasteiger partial charge on any atom is -0.473 e. The van der Waals surface area contributed by atoms with E-state index in [9.17, 15) is 4.79 Å². The van der Waals surface area contributed by atoms with Crippen molar-refractivity contribution in [2.75, 3.05) is 11.1 Å². The summed E-state index contributed by atoms with van der Waals surface area (Å²) in [4.78, 5) is 20.1. The molecular weight excluding hydrogens is 256 g/mol. The third-order valence-electron chi connectivity index (χ3n) is 2.39. The highest BCUT2D eigenvalue weighted by molar-refractivity contribution is 6.03. The summed E-state index contributed by atoms with van der Waals surface area (Å²) in [5.74, 6) is 0.0397. The molecule has 2 aromatic heterocycles. The quantitative estimate of drug-likeness (QED) is 0.889. The first-order valence-corrected chi connectivity index (χ1v) is 6.21. The van der Waals surface area contributed by atoms with Crippen LogP contribution in [0.3, 0.4) is 0 Å². The Labute approximate surface area is 117 Å². The van der Waals surface area contributed by atoms with Crippen LogP contribution in [0.1, 0.15) is 24.3 Å². The third kappa shape index (κ3) is 3.44. The molecular formula is C14H16N4O2. The van der Waals surface area contributed by atoms with Crippen LogP contribution in [-0.4, -0.2) is 22.0 Å². The molecule has 2 heterocycles. The number of hydrogen-bond acceptors (Lipinski definition) is 5. The van der Waals surface area contributed by atoms with E-state index in [4.69, 9.17) is 10.5 Å². The van der Waals surface area contributed by atoms with Gasteiger partial charge < -0.3 is 15.8 Å². The molecule has 0 fully saturated rings. The van der Waals surface area contributed by atoms with Crippen molar-refractivity contribution in [1.29, 1.82) is 0 Å². The highest BCUT2D eigenvalue weighted by Crippen LogP contribution is 2.22. The number of carbonyl (C=O) groups is 1. The zero-order valence-electron chi connectivity index (χ0n) is 11.3. The second kappa shape index (κ2) is 6.01.